The molecule has 9 nitrogen and oxygen atoms in total. The first kappa shape index (κ1) is 23.2. The Labute approximate surface area is 189 Å². The van der Waals surface area contributed by atoms with Crippen LogP contribution in [-0.2, 0) is 21.4 Å². The normalized spacial score (nSPS) is 11.1. The second kappa shape index (κ2) is 9.79. The number of nitrogens with zero attached hydrogens (tertiary/aromatic N) is 3. The lowest BCUT2D eigenvalue weighted by Gasteiger charge is -2.19. The molecule has 0 saturated heterocycles. The van der Waals surface area contributed by atoms with E-state index in [-0.39, 0.29) is 29.0 Å². The maximum absolute atomic E-state index is 12.6. The second-order valence-electron chi connectivity index (χ2n) is 6.86. The molecular formula is C21H21N3O6S2. The third kappa shape index (κ3) is 5.42. The highest BCUT2D eigenvalue weighted by Crippen LogP contribution is 2.26. The van der Waals surface area contributed by atoms with E-state index >= 15 is 0 Å². The molecule has 1 heterocycles. The molecule has 3 rings (SSSR count). The minimum absolute atomic E-state index is 0.0363. The summed E-state index contributed by atoms with van der Waals surface area (Å²) in [6, 6.07) is 15.7. The van der Waals surface area contributed by atoms with Gasteiger partial charge >= 0.3 is 0 Å². The number of carbonyl (C=O) groups excluding carboxylic acids is 1. The smallest absolute Gasteiger partial charge is 0.273 e. The minimum atomic E-state index is -3.63. The van der Waals surface area contributed by atoms with E-state index in [2.05, 4.69) is 0 Å². The van der Waals surface area contributed by atoms with Gasteiger partial charge in [-0.15, -0.1) is 11.3 Å². The average molecular weight is 476 g/mol. The predicted molar refractivity (Wildman–Crippen MR) is 121 cm³/mol. The molecule has 0 fully saturated rings. The van der Waals surface area contributed by atoms with Crippen molar-refractivity contribution in [3.63, 3.8) is 0 Å². The quantitative estimate of drug-likeness (QED) is 0.346. The van der Waals surface area contributed by atoms with Gasteiger partial charge in [-0.1, -0.05) is 18.2 Å². The molecule has 2 aromatic carbocycles. The van der Waals surface area contributed by atoms with Gasteiger partial charge < -0.3 is 9.64 Å². The summed E-state index contributed by atoms with van der Waals surface area (Å²) in [4.78, 5) is 24.2. The maximum Gasteiger partial charge on any atom is 0.273 e. The van der Waals surface area contributed by atoms with E-state index in [0.717, 1.165) is 11.3 Å². The molecular weight excluding hydrogens is 454 g/mol. The number of sulfonamides is 1. The number of nitro benzene ring substituents is 1. The summed E-state index contributed by atoms with van der Waals surface area (Å²) < 4.78 is 32.1. The van der Waals surface area contributed by atoms with Crippen molar-refractivity contribution in [1.82, 2.24) is 4.90 Å². The Morgan fingerprint density at radius 2 is 1.81 bits per heavy atom. The SMILES string of the molecule is CN(Cc1cccc([N+](=O)[O-])c1)C(=O)COc1ccc(N(C)S(=O)(=O)c2cccs2)cc1. The van der Waals surface area contributed by atoms with Gasteiger partial charge in [-0.05, 0) is 41.3 Å². The van der Waals surface area contributed by atoms with Crippen molar-refractivity contribution < 1.29 is 22.9 Å². The van der Waals surface area contributed by atoms with Crippen molar-refractivity contribution in [1.29, 1.82) is 0 Å². The lowest BCUT2D eigenvalue weighted by Crippen LogP contribution is -2.31. The molecule has 0 aliphatic heterocycles. The predicted octanol–water partition coefficient (Wildman–Crippen LogP) is 3.52. The number of hydrogen-bond acceptors (Lipinski definition) is 7. The van der Waals surface area contributed by atoms with Crippen molar-refractivity contribution >= 4 is 38.6 Å². The Hall–Kier alpha value is -3.44. The van der Waals surface area contributed by atoms with Crippen LogP contribution in [0.1, 0.15) is 5.56 Å². The number of carbonyl (C=O) groups is 1. The fourth-order valence-electron chi connectivity index (χ4n) is 2.82. The van der Waals surface area contributed by atoms with Gasteiger partial charge in [0.15, 0.2) is 6.61 Å². The monoisotopic (exact) mass is 475 g/mol. The molecule has 0 atom stereocenters. The Balaban J connectivity index is 1.57. The fourth-order valence-corrected chi connectivity index (χ4v) is 5.18. The summed E-state index contributed by atoms with van der Waals surface area (Å²) in [6.45, 7) is -0.0255. The molecule has 3 aromatic rings. The molecule has 32 heavy (non-hydrogen) atoms. The molecule has 0 spiro atoms. The standard InChI is InChI=1S/C21H21N3O6S2/c1-22(14-16-5-3-6-18(13-16)24(26)27)20(25)15-30-19-10-8-17(9-11-19)23(2)32(28,29)21-7-4-12-31-21/h3-13H,14-15H2,1-2H3. The van der Waals surface area contributed by atoms with Crippen molar-refractivity contribution in [2.45, 2.75) is 10.8 Å². The number of anilines is 1. The van der Waals surface area contributed by atoms with Gasteiger partial charge in [-0.2, -0.15) is 0 Å². The Morgan fingerprint density at radius 1 is 1.09 bits per heavy atom. The molecule has 1 amide bonds. The average Bonchev–Trinajstić information content (AvgIpc) is 3.33. The van der Waals surface area contributed by atoms with E-state index < -0.39 is 14.9 Å². The molecule has 168 valence electrons. The lowest BCUT2D eigenvalue weighted by atomic mass is 10.2. The zero-order valence-corrected chi connectivity index (χ0v) is 19.0. The van der Waals surface area contributed by atoms with Gasteiger partial charge in [-0.25, -0.2) is 8.42 Å². The zero-order chi connectivity index (χ0) is 23.3. The number of amides is 1. The molecule has 0 aliphatic rings. The number of hydrogen-bond donors (Lipinski definition) is 0. The molecule has 0 radical (unpaired) electrons. The van der Waals surface area contributed by atoms with Crippen LogP contribution in [0.25, 0.3) is 0 Å². The van der Waals surface area contributed by atoms with E-state index in [4.69, 9.17) is 4.74 Å². The van der Waals surface area contributed by atoms with E-state index in [1.807, 2.05) is 0 Å². The van der Waals surface area contributed by atoms with Gasteiger partial charge in [0.25, 0.3) is 21.6 Å². The fraction of sp³-hybridized carbons (Fsp3) is 0.190. The molecule has 1 aromatic heterocycles. The molecule has 0 N–H and O–H groups in total. The van der Waals surface area contributed by atoms with Crippen LogP contribution >= 0.6 is 11.3 Å². The molecule has 11 heteroatoms. The maximum atomic E-state index is 12.6. The van der Waals surface area contributed by atoms with Crippen LogP contribution in [0.15, 0.2) is 70.3 Å². The number of non-ortho nitro benzene ring substituents is 1. The van der Waals surface area contributed by atoms with Crippen molar-refractivity contribution in [3.05, 3.63) is 81.7 Å². The highest BCUT2D eigenvalue weighted by Gasteiger charge is 2.22. The van der Waals surface area contributed by atoms with Crippen molar-refractivity contribution in [2.75, 3.05) is 25.0 Å². The van der Waals surface area contributed by atoms with Gasteiger partial charge in [0, 0.05) is 32.8 Å². The van der Waals surface area contributed by atoms with Gasteiger partial charge in [-0.3, -0.25) is 19.2 Å². The van der Waals surface area contributed by atoms with Crippen LogP contribution in [0, 0.1) is 10.1 Å². The second-order valence-corrected chi connectivity index (χ2v) is 10.0. The van der Waals surface area contributed by atoms with Crippen LogP contribution < -0.4 is 9.04 Å². The number of ether oxygens (including phenoxy) is 1. The molecule has 0 bridgehead atoms. The Kier molecular flexibility index (Phi) is 7.11. The van der Waals surface area contributed by atoms with E-state index in [1.165, 1.54) is 28.4 Å². The van der Waals surface area contributed by atoms with Crippen molar-refractivity contribution in [3.8, 4) is 5.75 Å². The number of thiophene rings is 1. The van der Waals surface area contributed by atoms with E-state index in [1.54, 1.807) is 61.0 Å². The summed E-state index contributed by atoms with van der Waals surface area (Å²) >= 11 is 1.14. The first-order valence-corrected chi connectivity index (χ1v) is 11.7. The van der Waals surface area contributed by atoms with Crippen LogP contribution in [0.4, 0.5) is 11.4 Å². The highest BCUT2D eigenvalue weighted by atomic mass is 32.2. The summed E-state index contributed by atoms with van der Waals surface area (Å²) in [6.07, 6.45) is 0. The van der Waals surface area contributed by atoms with Crippen LogP contribution in [-0.4, -0.2) is 44.9 Å². The molecule has 0 aliphatic carbocycles. The lowest BCUT2D eigenvalue weighted by molar-refractivity contribution is -0.384. The molecule has 0 saturated carbocycles. The summed E-state index contributed by atoms with van der Waals surface area (Å²) in [5, 5.41) is 12.6. The first-order valence-electron chi connectivity index (χ1n) is 9.41. The summed E-state index contributed by atoms with van der Waals surface area (Å²) in [7, 11) is -0.578. The third-order valence-corrected chi connectivity index (χ3v) is 7.80. The van der Waals surface area contributed by atoms with Crippen LogP contribution in [0.5, 0.6) is 5.75 Å². The highest BCUT2D eigenvalue weighted by molar-refractivity contribution is 7.94. The van der Waals surface area contributed by atoms with Gasteiger partial charge in [0.05, 0.1) is 10.6 Å². The number of nitro groups is 1. The topological polar surface area (TPSA) is 110 Å². The molecule has 0 unspecified atom stereocenters. The van der Waals surface area contributed by atoms with E-state index in [9.17, 15) is 23.3 Å². The third-order valence-electron chi connectivity index (χ3n) is 4.64. The summed E-state index contributed by atoms with van der Waals surface area (Å²) in [5.74, 6) is 0.103. The number of likely N-dealkylation sites (N-methyl/N-ethyl adjacent to an activating group) is 1. The van der Waals surface area contributed by atoms with Crippen LogP contribution in [0.3, 0.4) is 0 Å². The van der Waals surface area contributed by atoms with Gasteiger partial charge in [0.2, 0.25) is 0 Å². The van der Waals surface area contributed by atoms with Crippen molar-refractivity contribution in [2.24, 2.45) is 0 Å². The number of rotatable bonds is 9. The zero-order valence-electron chi connectivity index (χ0n) is 17.4. The summed E-state index contributed by atoms with van der Waals surface area (Å²) in [5.41, 5.74) is 1.06. The number of benzene rings is 2. The first-order chi connectivity index (χ1) is 15.2. The largest absolute Gasteiger partial charge is 0.484 e. The van der Waals surface area contributed by atoms with Crippen LogP contribution in [0.2, 0.25) is 0 Å². The van der Waals surface area contributed by atoms with Gasteiger partial charge in [0.1, 0.15) is 9.96 Å². The Morgan fingerprint density at radius 3 is 2.44 bits per heavy atom. The Bertz CT molecular complexity index is 1190. The minimum Gasteiger partial charge on any atom is -0.484 e. The van der Waals surface area contributed by atoms with E-state index in [0.29, 0.717) is 17.0 Å².